The molecular formula is C17H16ClNO3S. The van der Waals surface area contributed by atoms with Crippen molar-refractivity contribution in [1.29, 1.82) is 0 Å². The van der Waals surface area contributed by atoms with Gasteiger partial charge in [-0.1, -0.05) is 29.8 Å². The smallest absolute Gasteiger partial charge is 0.348 e. The Labute approximate surface area is 143 Å². The number of thiophene rings is 1. The predicted octanol–water partition coefficient (Wildman–Crippen LogP) is 4.54. The third-order valence-electron chi connectivity index (χ3n) is 2.94. The second kappa shape index (κ2) is 7.94. The van der Waals surface area contributed by atoms with Gasteiger partial charge in [-0.05, 0) is 43.2 Å². The molecule has 23 heavy (non-hydrogen) atoms. The van der Waals surface area contributed by atoms with Gasteiger partial charge in [0.05, 0.1) is 11.6 Å². The molecular weight excluding hydrogens is 334 g/mol. The number of carbonyl (C=O) groups excluding carboxylic acids is 2. The molecule has 0 aliphatic carbocycles. The van der Waals surface area contributed by atoms with Crippen LogP contribution in [-0.4, -0.2) is 18.5 Å². The topological polar surface area (TPSA) is 55.4 Å². The van der Waals surface area contributed by atoms with E-state index in [-0.39, 0.29) is 11.9 Å². The largest absolute Gasteiger partial charge is 0.462 e. The number of carbonyl (C=O) groups is 2. The van der Waals surface area contributed by atoms with Crippen LogP contribution in [0.4, 0.5) is 5.00 Å². The summed E-state index contributed by atoms with van der Waals surface area (Å²) in [5, 5.41) is 3.91. The lowest BCUT2D eigenvalue weighted by Gasteiger charge is -1.99. The molecule has 1 heterocycles. The first kappa shape index (κ1) is 17.2. The van der Waals surface area contributed by atoms with Crippen LogP contribution in [0, 0.1) is 6.92 Å². The molecule has 0 saturated carbocycles. The first-order chi connectivity index (χ1) is 11.0. The number of hydrogen-bond donors (Lipinski definition) is 1. The van der Waals surface area contributed by atoms with Crippen LogP contribution in [0.5, 0.6) is 0 Å². The van der Waals surface area contributed by atoms with E-state index in [0.717, 1.165) is 11.1 Å². The van der Waals surface area contributed by atoms with Crippen LogP contribution in [0.15, 0.2) is 36.4 Å². The highest BCUT2D eigenvalue weighted by molar-refractivity contribution is 7.18. The number of esters is 1. The molecule has 0 aliphatic rings. The number of ether oxygens (including phenoxy) is 1. The lowest BCUT2D eigenvalue weighted by atomic mass is 10.2. The van der Waals surface area contributed by atoms with Crippen molar-refractivity contribution in [2.45, 2.75) is 13.8 Å². The van der Waals surface area contributed by atoms with Gasteiger partial charge < -0.3 is 10.1 Å². The molecule has 0 aliphatic heterocycles. The average Bonchev–Trinajstić information content (AvgIpc) is 2.87. The highest BCUT2D eigenvalue weighted by Gasteiger charge is 2.15. The van der Waals surface area contributed by atoms with Gasteiger partial charge in [0.2, 0.25) is 5.91 Å². The Morgan fingerprint density at radius 3 is 2.78 bits per heavy atom. The number of aryl methyl sites for hydroxylation is 1. The quantitative estimate of drug-likeness (QED) is 0.637. The van der Waals surface area contributed by atoms with Crippen molar-refractivity contribution in [2.75, 3.05) is 11.9 Å². The number of anilines is 1. The molecule has 1 N–H and O–H groups in total. The summed E-state index contributed by atoms with van der Waals surface area (Å²) in [6.07, 6.45) is 3.05. The van der Waals surface area contributed by atoms with Crippen molar-refractivity contribution in [2.24, 2.45) is 0 Å². The van der Waals surface area contributed by atoms with E-state index in [1.54, 1.807) is 32.1 Å². The van der Waals surface area contributed by atoms with Crippen molar-refractivity contribution in [1.82, 2.24) is 0 Å². The monoisotopic (exact) mass is 349 g/mol. The number of halogens is 1. The second-order valence-electron chi connectivity index (χ2n) is 4.69. The Balaban J connectivity index is 2.05. The van der Waals surface area contributed by atoms with E-state index < -0.39 is 0 Å². The molecule has 0 bridgehead atoms. The molecule has 1 aromatic heterocycles. The zero-order valence-electron chi connectivity index (χ0n) is 12.8. The molecule has 1 amide bonds. The fourth-order valence-corrected chi connectivity index (χ4v) is 3.05. The Morgan fingerprint density at radius 1 is 1.35 bits per heavy atom. The second-order valence-corrected chi connectivity index (χ2v) is 6.15. The predicted molar refractivity (Wildman–Crippen MR) is 94.1 cm³/mol. The summed E-state index contributed by atoms with van der Waals surface area (Å²) in [4.78, 5) is 24.2. The minimum atomic E-state index is -0.373. The van der Waals surface area contributed by atoms with Crippen LogP contribution in [0.3, 0.4) is 0 Å². The molecule has 0 unspecified atom stereocenters. The Bertz CT molecular complexity index is 752. The van der Waals surface area contributed by atoms with E-state index >= 15 is 0 Å². The van der Waals surface area contributed by atoms with Gasteiger partial charge in [-0.25, -0.2) is 4.79 Å². The van der Waals surface area contributed by atoms with E-state index in [2.05, 4.69) is 5.32 Å². The van der Waals surface area contributed by atoms with Crippen molar-refractivity contribution < 1.29 is 14.3 Å². The summed E-state index contributed by atoms with van der Waals surface area (Å²) in [6, 6.07) is 8.99. The van der Waals surface area contributed by atoms with Crippen LogP contribution in [-0.2, 0) is 9.53 Å². The Morgan fingerprint density at radius 2 is 2.09 bits per heavy atom. The third-order valence-corrected chi connectivity index (χ3v) is 4.42. The number of hydrogen-bond acceptors (Lipinski definition) is 4. The lowest BCUT2D eigenvalue weighted by molar-refractivity contribution is -0.111. The minimum absolute atomic E-state index is 0.290. The number of benzene rings is 1. The normalized spacial score (nSPS) is 10.7. The zero-order valence-corrected chi connectivity index (χ0v) is 14.3. The van der Waals surface area contributed by atoms with Gasteiger partial charge in [-0.15, -0.1) is 11.3 Å². The summed E-state index contributed by atoms with van der Waals surface area (Å²) < 4.78 is 4.98. The first-order valence-electron chi connectivity index (χ1n) is 7.02. The van der Waals surface area contributed by atoms with Crippen molar-refractivity contribution >= 4 is 45.9 Å². The van der Waals surface area contributed by atoms with Crippen LogP contribution < -0.4 is 5.32 Å². The van der Waals surface area contributed by atoms with E-state index in [1.807, 2.05) is 18.2 Å². The SMILES string of the molecule is CCOC(=O)c1sc(NC(=O)/C=C/c2ccccc2Cl)cc1C. The van der Waals surface area contributed by atoms with E-state index in [4.69, 9.17) is 16.3 Å². The third kappa shape index (κ3) is 4.68. The molecule has 2 aromatic rings. The van der Waals surface area contributed by atoms with E-state index in [0.29, 0.717) is 21.5 Å². The van der Waals surface area contributed by atoms with Crippen LogP contribution in [0.1, 0.15) is 27.7 Å². The highest BCUT2D eigenvalue weighted by Crippen LogP contribution is 2.27. The maximum absolute atomic E-state index is 12.0. The Hall–Kier alpha value is -2.11. The molecule has 4 nitrogen and oxygen atoms in total. The van der Waals surface area contributed by atoms with Crippen molar-refractivity contribution in [3.05, 3.63) is 57.4 Å². The fraction of sp³-hybridized carbons (Fsp3) is 0.176. The molecule has 0 saturated heterocycles. The highest BCUT2D eigenvalue weighted by atomic mass is 35.5. The summed E-state index contributed by atoms with van der Waals surface area (Å²) in [6.45, 7) is 3.87. The van der Waals surface area contributed by atoms with E-state index in [9.17, 15) is 9.59 Å². The molecule has 0 spiro atoms. The van der Waals surface area contributed by atoms with Crippen LogP contribution >= 0.6 is 22.9 Å². The van der Waals surface area contributed by atoms with Gasteiger partial charge in [0.1, 0.15) is 4.88 Å². The minimum Gasteiger partial charge on any atom is -0.462 e. The molecule has 1 aromatic carbocycles. The van der Waals surface area contributed by atoms with Gasteiger partial charge >= 0.3 is 5.97 Å². The molecule has 2 rings (SSSR count). The Kier molecular flexibility index (Phi) is 5.96. The van der Waals surface area contributed by atoms with E-state index in [1.165, 1.54) is 17.4 Å². The first-order valence-corrected chi connectivity index (χ1v) is 8.22. The maximum atomic E-state index is 12.0. The van der Waals surface area contributed by atoms with Gasteiger partial charge in [-0.2, -0.15) is 0 Å². The van der Waals surface area contributed by atoms with Crippen LogP contribution in [0.25, 0.3) is 6.08 Å². The molecule has 6 heteroatoms. The van der Waals surface area contributed by atoms with Crippen molar-refractivity contribution in [3.63, 3.8) is 0 Å². The summed E-state index contributed by atoms with van der Waals surface area (Å²) >= 11 is 7.22. The summed E-state index contributed by atoms with van der Waals surface area (Å²) in [7, 11) is 0. The molecule has 120 valence electrons. The fourth-order valence-electron chi connectivity index (χ4n) is 1.88. The molecule has 0 radical (unpaired) electrons. The number of nitrogens with one attached hydrogen (secondary N) is 1. The van der Waals surface area contributed by atoms with Gasteiger partial charge in [0.15, 0.2) is 0 Å². The average molecular weight is 350 g/mol. The summed E-state index contributed by atoms with van der Waals surface area (Å²) in [5.41, 5.74) is 1.54. The standard InChI is InChI=1S/C17H16ClNO3S/c1-3-22-17(21)16-11(2)10-15(23-16)19-14(20)9-8-12-6-4-5-7-13(12)18/h4-10H,3H2,1-2H3,(H,19,20)/b9-8+. The molecule has 0 fully saturated rings. The van der Waals surface area contributed by atoms with Crippen LogP contribution in [0.2, 0.25) is 5.02 Å². The van der Waals surface area contributed by atoms with Gasteiger partial charge in [0, 0.05) is 11.1 Å². The zero-order chi connectivity index (χ0) is 16.8. The number of rotatable bonds is 5. The lowest BCUT2D eigenvalue weighted by Crippen LogP contribution is -2.06. The number of amides is 1. The van der Waals surface area contributed by atoms with Gasteiger partial charge in [-0.3, -0.25) is 4.79 Å². The van der Waals surface area contributed by atoms with Crippen molar-refractivity contribution in [3.8, 4) is 0 Å². The molecule has 0 atom stereocenters. The maximum Gasteiger partial charge on any atom is 0.348 e. The van der Waals surface area contributed by atoms with Gasteiger partial charge in [0.25, 0.3) is 0 Å². The summed E-state index contributed by atoms with van der Waals surface area (Å²) in [5.74, 6) is -0.663.